The van der Waals surface area contributed by atoms with E-state index in [2.05, 4.69) is 16.8 Å². The summed E-state index contributed by atoms with van der Waals surface area (Å²) in [4.78, 5) is 12.8. The Morgan fingerprint density at radius 2 is 2.62 bits per heavy atom. The first kappa shape index (κ1) is 9.80. The maximum atomic E-state index is 11.3. The van der Waals surface area contributed by atoms with Crippen LogP contribution in [-0.2, 0) is 4.79 Å². The normalized spacial score (nSPS) is 9.69. The van der Waals surface area contributed by atoms with Crippen molar-refractivity contribution in [1.82, 2.24) is 10.2 Å². The van der Waals surface area contributed by atoms with E-state index in [0.29, 0.717) is 17.4 Å². The maximum Gasteiger partial charge on any atom is 0.250 e. The van der Waals surface area contributed by atoms with Crippen molar-refractivity contribution < 1.29 is 4.79 Å². The lowest BCUT2D eigenvalue weighted by atomic mass is 10.4. The zero-order chi connectivity index (χ0) is 9.84. The highest BCUT2D eigenvalue weighted by molar-refractivity contribution is 6.32. The highest BCUT2D eigenvalue weighted by Crippen LogP contribution is 2.22. The predicted molar refractivity (Wildman–Crippen MR) is 51.8 cm³/mol. The van der Waals surface area contributed by atoms with Gasteiger partial charge in [0.1, 0.15) is 10.8 Å². The number of H-pyrrole nitrogens is 1. The topological polar surface area (TPSA) is 49.0 Å². The zero-order valence-electron chi connectivity index (χ0n) is 7.25. The molecule has 0 aromatic carbocycles. The van der Waals surface area contributed by atoms with E-state index in [1.165, 1.54) is 17.2 Å². The molecule has 1 aromatic rings. The summed E-state index contributed by atoms with van der Waals surface area (Å²) in [6.07, 6.45) is 2.75. The highest BCUT2D eigenvalue weighted by Gasteiger charge is 2.14. The number of hydrogen-bond donors (Lipinski definition) is 1. The molecule has 1 rings (SSSR count). The molecule has 0 radical (unpaired) electrons. The number of carbonyl (C=O) groups excluding carboxylic acids is 1. The SMILES string of the molecule is C=CC(=O)N(CC)c1cn[nH]c1Cl. The van der Waals surface area contributed by atoms with Crippen molar-refractivity contribution in [3.05, 3.63) is 24.0 Å². The molecule has 0 aliphatic rings. The highest BCUT2D eigenvalue weighted by atomic mass is 35.5. The summed E-state index contributed by atoms with van der Waals surface area (Å²) >= 11 is 5.77. The first-order valence-corrected chi connectivity index (χ1v) is 4.21. The number of nitrogens with one attached hydrogen (secondary N) is 1. The number of likely N-dealkylation sites (N-methyl/N-ethyl adjacent to an activating group) is 1. The van der Waals surface area contributed by atoms with Gasteiger partial charge in [-0.05, 0) is 13.0 Å². The summed E-state index contributed by atoms with van der Waals surface area (Å²) in [7, 11) is 0. The van der Waals surface area contributed by atoms with Crippen LogP contribution in [0.2, 0.25) is 5.15 Å². The Hall–Kier alpha value is -1.29. The largest absolute Gasteiger partial charge is 0.305 e. The van der Waals surface area contributed by atoms with Crippen LogP contribution in [0.25, 0.3) is 0 Å². The Morgan fingerprint density at radius 1 is 1.92 bits per heavy atom. The van der Waals surface area contributed by atoms with Gasteiger partial charge >= 0.3 is 0 Å². The lowest BCUT2D eigenvalue weighted by Crippen LogP contribution is -2.28. The predicted octanol–water partition coefficient (Wildman–Crippen LogP) is 1.60. The van der Waals surface area contributed by atoms with E-state index in [4.69, 9.17) is 11.6 Å². The van der Waals surface area contributed by atoms with Gasteiger partial charge in [0, 0.05) is 6.54 Å². The number of nitrogens with zero attached hydrogens (tertiary/aromatic N) is 2. The maximum absolute atomic E-state index is 11.3. The Morgan fingerprint density at radius 3 is 3.00 bits per heavy atom. The van der Waals surface area contributed by atoms with Gasteiger partial charge in [0.15, 0.2) is 0 Å². The van der Waals surface area contributed by atoms with Crippen molar-refractivity contribution in [2.75, 3.05) is 11.4 Å². The van der Waals surface area contributed by atoms with Gasteiger partial charge in [0.05, 0.1) is 6.20 Å². The summed E-state index contributed by atoms with van der Waals surface area (Å²) in [5, 5.41) is 6.63. The smallest absolute Gasteiger partial charge is 0.250 e. The molecule has 70 valence electrons. The summed E-state index contributed by atoms with van der Waals surface area (Å²) < 4.78 is 0. The quantitative estimate of drug-likeness (QED) is 0.752. The number of aromatic nitrogens is 2. The third-order valence-corrected chi connectivity index (χ3v) is 1.90. The van der Waals surface area contributed by atoms with E-state index in [1.54, 1.807) is 0 Å². The van der Waals surface area contributed by atoms with Crippen LogP contribution < -0.4 is 4.90 Å². The average Bonchev–Trinajstić information content (AvgIpc) is 2.53. The van der Waals surface area contributed by atoms with Crippen LogP contribution in [0.4, 0.5) is 5.69 Å². The second kappa shape index (κ2) is 4.09. The summed E-state index contributed by atoms with van der Waals surface area (Å²) in [5.74, 6) is -0.189. The van der Waals surface area contributed by atoms with E-state index < -0.39 is 0 Å². The minimum atomic E-state index is -0.189. The van der Waals surface area contributed by atoms with Crippen molar-refractivity contribution in [2.24, 2.45) is 0 Å². The van der Waals surface area contributed by atoms with E-state index in [0.717, 1.165) is 0 Å². The van der Waals surface area contributed by atoms with Gasteiger partial charge in [-0.25, -0.2) is 0 Å². The summed E-state index contributed by atoms with van der Waals surface area (Å²) in [6.45, 7) is 5.79. The van der Waals surface area contributed by atoms with Crippen molar-refractivity contribution in [3.63, 3.8) is 0 Å². The number of carbonyl (C=O) groups is 1. The van der Waals surface area contributed by atoms with Crippen molar-refractivity contribution in [2.45, 2.75) is 6.92 Å². The van der Waals surface area contributed by atoms with Crippen molar-refractivity contribution >= 4 is 23.2 Å². The van der Waals surface area contributed by atoms with Gasteiger partial charge in [0.2, 0.25) is 5.91 Å². The number of aromatic amines is 1. The third-order valence-electron chi connectivity index (χ3n) is 1.62. The molecular formula is C8H10ClN3O. The van der Waals surface area contributed by atoms with Gasteiger partial charge in [0.25, 0.3) is 0 Å². The molecule has 5 heteroatoms. The molecule has 0 bridgehead atoms. The molecule has 0 saturated carbocycles. The van der Waals surface area contributed by atoms with Crippen LogP contribution in [0.3, 0.4) is 0 Å². The van der Waals surface area contributed by atoms with Gasteiger partial charge in [-0.2, -0.15) is 5.10 Å². The standard InChI is InChI=1S/C8H10ClN3O/c1-3-7(13)12(4-2)6-5-10-11-8(6)9/h3,5H,1,4H2,2H3,(H,10,11). The molecule has 0 saturated heterocycles. The second-order valence-corrected chi connectivity index (χ2v) is 2.73. The van der Waals surface area contributed by atoms with Crippen LogP contribution in [-0.4, -0.2) is 22.6 Å². The van der Waals surface area contributed by atoms with Crippen LogP contribution in [0.15, 0.2) is 18.9 Å². The molecule has 0 spiro atoms. The first-order chi connectivity index (χ1) is 6.20. The number of amides is 1. The van der Waals surface area contributed by atoms with E-state index in [1.807, 2.05) is 6.92 Å². The van der Waals surface area contributed by atoms with Gasteiger partial charge in [-0.1, -0.05) is 18.2 Å². The number of rotatable bonds is 3. The van der Waals surface area contributed by atoms with Crippen molar-refractivity contribution in [3.8, 4) is 0 Å². The fourth-order valence-electron chi connectivity index (χ4n) is 1.01. The molecule has 4 nitrogen and oxygen atoms in total. The minimum absolute atomic E-state index is 0.189. The third kappa shape index (κ3) is 1.89. The Kier molecular flexibility index (Phi) is 3.08. The number of hydrogen-bond acceptors (Lipinski definition) is 2. The molecule has 1 amide bonds. The number of anilines is 1. The molecule has 1 heterocycles. The molecule has 0 unspecified atom stereocenters. The second-order valence-electron chi connectivity index (χ2n) is 2.36. The lowest BCUT2D eigenvalue weighted by molar-refractivity contribution is -0.114. The van der Waals surface area contributed by atoms with E-state index in [9.17, 15) is 4.79 Å². The van der Waals surface area contributed by atoms with Crippen LogP contribution >= 0.6 is 11.6 Å². The monoisotopic (exact) mass is 199 g/mol. The molecular weight excluding hydrogens is 190 g/mol. The van der Waals surface area contributed by atoms with Crippen LogP contribution in [0, 0.1) is 0 Å². The lowest BCUT2D eigenvalue weighted by Gasteiger charge is -2.16. The molecule has 0 aliphatic heterocycles. The molecule has 1 aromatic heterocycles. The molecule has 13 heavy (non-hydrogen) atoms. The van der Waals surface area contributed by atoms with Gasteiger partial charge in [-0.3, -0.25) is 9.89 Å². The van der Waals surface area contributed by atoms with E-state index in [-0.39, 0.29) is 5.91 Å². The fourth-order valence-corrected chi connectivity index (χ4v) is 1.21. The van der Waals surface area contributed by atoms with Gasteiger partial charge in [-0.15, -0.1) is 0 Å². The molecule has 0 atom stereocenters. The van der Waals surface area contributed by atoms with Crippen LogP contribution in [0.5, 0.6) is 0 Å². The zero-order valence-corrected chi connectivity index (χ0v) is 8.01. The summed E-state index contributed by atoms with van der Waals surface area (Å²) in [6, 6.07) is 0. The molecule has 0 aliphatic carbocycles. The fraction of sp³-hybridized carbons (Fsp3) is 0.250. The van der Waals surface area contributed by atoms with Crippen LogP contribution in [0.1, 0.15) is 6.92 Å². The summed E-state index contributed by atoms with van der Waals surface area (Å²) in [5.41, 5.74) is 0.578. The minimum Gasteiger partial charge on any atom is -0.305 e. The average molecular weight is 200 g/mol. The van der Waals surface area contributed by atoms with E-state index >= 15 is 0 Å². The Bertz CT molecular complexity index is 321. The first-order valence-electron chi connectivity index (χ1n) is 3.83. The number of halogens is 1. The van der Waals surface area contributed by atoms with Crippen molar-refractivity contribution in [1.29, 1.82) is 0 Å². The Balaban J connectivity index is 2.97. The molecule has 0 fully saturated rings. The van der Waals surface area contributed by atoms with Gasteiger partial charge < -0.3 is 4.90 Å². The Labute approximate surface area is 81.2 Å². The molecule has 1 N–H and O–H groups in total.